The zero-order valence-corrected chi connectivity index (χ0v) is 13.0. The first-order chi connectivity index (χ1) is 10.6. The molecule has 0 radical (unpaired) electrons. The Morgan fingerprint density at radius 3 is 2.68 bits per heavy atom. The van der Waals surface area contributed by atoms with Crippen molar-refractivity contribution in [2.75, 3.05) is 12.3 Å². The number of aliphatic hydroxyl groups excluding tert-OH is 1. The number of hydrogen-bond acceptors (Lipinski definition) is 3. The Morgan fingerprint density at radius 2 is 1.95 bits per heavy atom. The number of benzene rings is 2. The molecule has 0 saturated carbocycles. The molecule has 3 N–H and O–H groups in total. The number of hydrogen-bond donors (Lipinski definition) is 2. The van der Waals surface area contributed by atoms with E-state index in [1.54, 1.807) is 0 Å². The summed E-state index contributed by atoms with van der Waals surface area (Å²) in [5, 5.41) is 9.18. The van der Waals surface area contributed by atoms with Crippen LogP contribution in [0.15, 0.2) is 36.4 Å². The van der Waals surface area contributed by atoms with Crippen molar-refractivity contribution < 1.29 is 5.11 Å². The third-order valence-corrected chi connectivity index (χ3v) is 4.12. The Kier molecular flexibility index (Phi) is 3.86. The number of aromatic nitrogens is 2. The number of aryl methyl sites for hydroxylation is 3. The van der Waals surface area contributed by atoms with Crippen LogP contribution >= 0.6 is 0 Å². The highest BCUT2D eigenvalue weighted by Crippen LogP contribution is 2.29. The summed E-state index contributed by atoms with van der Waals surface area (Å²) in [6, 6.07) is 12.2. The lowest BCUT2D eigenvalue weighted by Gasteiger charge is -2.10. The first-order valence-corrected chi connectivity index (χ1v) is 7.55. The van der Waals surface area contributed by atoms with Crippen molar-refractivity contribution in [2.24, 2.45) is 0 Å². The number of para-hydroxylation sites is 1. The van der Waals surface area contributed by atoms with Gasteiger partial charge in [-0.25, -0.2) is 4.98 Å². The molecule has 1 aromatic heterocycles. The summed E-state index contributed by atoms with van der Waals surface area (Å²) in [6.45, 7) is 5.09. The highest BCUT2D eigenvalue weighted by molar-refractivity contribution is 5.90. The molecule has 0 bridgehead atoms. The summed E-state index contributed by atoms with van der Waals surface area (Å²) in [5.41, 5.74) is 12.2. The fourth-order valence-corrected chi connectivity index (χ4v) is 2.72. The van der Waals surface area contributed by atoms with E-state index in [2.05, 4.69) is 36.6 Å². The maximum absolute atomic E-state index is 9.18. The number of nitrogens with zero attached hydrogens (tertiary/aromatic N) is 2. The van der Waals surface area contributed by atoms with E-state index >= 15 is 0 Å². The van der Waals surface area contributed by atoms with E-state index in [4.69, 9.17) is 10.7 Å². The highest BCUT2D eigenvalue weighted by atomic mass is 16.3. The number of imidazole rings is 1. The maximum Gasteiger partial charge on any atom is 0.141 e. The number of anilines is 1. The van der Waals surface area contributed by atoms with Gasteiger partial charge in [0.05, 0.1) is 11.2 Å². The molecule has 4 heteroatoms. The van der Waals surface area contributed by atoms with Crippen molar-refractivity contribution >= 4 is 16.7 Å². The predicted molar refractivity (Wildman–Crippen MR) is 90.8 cm³/mol. The summed E-state index contributed by atoms with van der Waals surface area (Å²) in [5.74, 6) is 0.907. The second-order valence-electron chi connectivity index (χ2n) is 5.68. The fourth-order valence-electron chi connectivity index (χ4n) is 2.72. The van der Waals surface area contributed by atoms with Crippen molar-refractivity contribution in [3.05, 3.63) is 47.5 Å². The summed E-state index contributed by atoms with van der Waals surface area (Å²) >= 11 is 0. The second-order valence-corrected chi connectivity index (χ2v) is 5.68. The van der Waals surface area contributed by atoms with Gasteiger partial charge in [-0.05, 0) is 49.6 Å². The normalized spacial score (nSPS) is 11.2. The Hall–Kier alpha value is -2.33. The zero-order chi connectivity index (χ0) is 15.7. The van der Waals surface area contributed by atoms with Crippen molar-refractivity contribution in [1.82, 2.24) is 9.55 Å². The molecule has 0 unspecified atom stereocenters. The third kappa shape index (κ3) is 2.46. The van der Waals surface area contributed by atoms with Crippen LogP contribution in [-0.2, 0) is 6.54 Å². The topological polar surface area (TPSA) is 64.1 Å². The van der Waals surface area contributed by atoms with Gasteiger partial charge in [0.2, 0.25) is 0 Å². The molecule has 0 aliphatic rings. The predicted octanol–water partition coefficient (Wildman–Crippen LogP) is 3.28. The van der Waals surface area contributed by atoms with Crippen LogP contribution in [0.3, 0.4) is 0 Å². The zero-order valence-electron chi connectivity index (χ0n) is 13.0. The molecule has 0 aliphatic heterocycles. The lowest BCUT2D eigenvalue weighted by atomic mass is 10.1. The molecule has 3 rings (SSSR count). The van der Waals surface area contributed by atoms with E-state index in [-0.39, 0.29) is 6.61 Å². The molecule has 4 nitrogen and oxygen atoms in total. The second kappa shape index (κ2) is 5.81. The molecule has 2 aromatic carbocycles. The lowest BCUT2D eigenvalue weighted by Crippen LogP contribution is -2.03. The molecule has 0 atom stereocenters. The Bertz CT molecular complexity index is 821. The molecule has 3 aromatic rings. The van der Waals surface area contributed by atoms with E-state index in [9.17, 15) is 5.11 Å². The minimum Gasteiger partial charge on any atom is -0.397 e. The summed E-state index contributed by atoms with van der Waals surface area (Å²) in [7, 11) is 0. The van der Waals surface area contributed by atoms with Crippen molar-refractivity contribution in [1.29, 1.82) is 0 Å². The van der Waals surface area contributed by atoms with Gasteiger partial charge in [0.1, 0.15) is 11.3 Å². The number of nitrogen functional groups attached to an aromatic ring is 1. The summed E-state index contributed by atoms with van der Waals surface area (Å²) in [6.07, 6.45) is 0.693. The molecule has 114 valence electrons. The first kappa shape index (κ1) is 14.6. The minimum atomic E-state index is 0.161. The number of nitrogens with two attached hydrogens (primary N) is 1. The van der Waals surface area contributed by atoms with Gasteiger partial charge in [0, 0.05) is 18.7 Å². The van der Waals surface area contributed by atoms with Crippen molar-refractivity contribution in [2.45, 2.75) is 26.8 Å². The van der Waals surface area contributed by atoms with Gasteiger partial charge in [-0.3, -0.25) is 0 Å². The molecule has 0 aliphatic carbocycles. The maximum atomic E-state index is 9.18. The number of fused-ring (bicyclic) bond motifs is 1. The van der Waals surface area contributed by atoms with Crippen LogP contribution in [0.1, 0.15) is 17.5 Å². The van der Waals surface area contributed by atoms with Crippen LogP contribution in [0.2, 0.25) is 0 Å². The first-order valence-electron chi connectivity index (χ1n) is 7.55. The quantitative estimate of drug-likeness (QED) is 0.726. The minimum absolute atomic E-state index is 0.161. The van der Waals surface area contributed by atoms with E-state index in [0.29, 0.717) is 12.1 Å². The lowest BCUT2D eigenvalue weighted by molar-refractivity contribution is 0.281. The van der Waals surface area contributed by atoms with Gasteiger partial charge in [-0.1, -0.05) is 18.2 Å². The Labute approximate surface area is 130 Å². The summed E-state index contributed by atoms with van der Waals surface area (Å²) < 4.78 is 2.14. The van der Waals surface area contributed by atoms with Gasteiger partial charge in [-0.15, -0.1) is 0 Å². The molecular formula is C18H21N3O. The molecule has 0 spiro atoms. The largest absolute Gasteiger partial charge is 0.397 e. The van der Waals surface area contributed by atoms with E-state index < -0.39 is 0 Å². The van der Waals surface area contributed by atoms with Crippen LogP contribution in [-0.4, -0.2) is 21.3 Å². The van der Waals surface area contributed by atoms with Gasteiger partial charge >= 0.3 is 0 Å². The smallest absolute Gasteiger partial charge is 0.141 e. The molecule has 0 saturated heterocycles. The van der Waals surface area contributed by atoms with Crippen LogP contribution in [0.5, 0.6) is 0 Å². The standard InChI is InChI=1S/C18H21N3O/c1-12-7-8-14(11-13(12)2)18-20-17-15(19)5-3-6-16(17)21(18)9-4-10-22/h3,5-8,11,22H,4,9-10,19H2,1-2H3. The number of aliphatic hydroxyl groups is 1. The average Bonchev–Trinajstić information content (AvgIpc) is 2.88. The van der Waals surface area contributed by atoms with Crippen molar-refractivity contribution in [3.8, 4) is 11.4 Å². The number of rotatable bonds is 4. The fraction of sp³-hybridized carbons (Fsp3) is 0.278. The Balaban J connectivity index is 2.22. The monoisotopic (exact) mass is 295 g/mol. The van der Waals surface area contributed by atoms with E-state index in [1.165, 1.54) is 11.1 Å². The average molecular weight is 295 g/mol. The molecule has 0 amide bonds. The van der Waals surface area contributed by atoms with Gasteiger partial charge < -0.3 is 15.4 Å². The van der Waals surface area contributed by atoms with E-state index in [1.807, 2.05) is 18.2 Å². The van der Waals surface area contributed by atoms with Crippen LogP contribution in [0.4, 0.5) is 5.69 Å². The van der Waals surface area contributed by atoms with Crippen LogP contribution in [0.25, 0.3) is 22.4 Å². The van der Waals surface area contributed by atoms with Gasteiger partial charge in [0.25, 0.3) is 0 Å². The van der Waals surface area contributed by atoms with Gasteiger partial charge in [-0.2, -0.15) is 0 Å². The highest BCUT2D eigenvalue weighted by Gasteiger charge is 2.14. The molecule has 22 heavy (non-hydrogen) atoms. The summed E-state index contributed by atoms with van der Waals surface area (Å²) in [4.78, 5) is 4.76. The molecule has 1 heterocycles. The SMILES string of the molecule is Cc1ccc(-c2nc3c(N)cccc3n2CCCO)cc1C. The van der Waals surface area contributed by atoms with Crippen molar-refractivity contribution in [3.63, 3.8) is 0 Å². The molecule has 0 fully saturated rings. The molecular weight excluding hydrogens is 274 g/mol. The van der Waals surface area contributed by atoms with Crippen LogP contribution < -0.4 is 5.73 Å². The third-order valence-electron chi connectivity index (χ3n) is 4.12. The van der Waals surface area contributed by atoms with Crippen LogP contribution in [0, 0.1) is 13.8 Å². The van der Waals surface area contributed by atoms with E-state index in [0.717, 1.165) is 29.0 Å². The van der Waals surface area contributed by atoms with Gasteiger partial charge in [0.15, 0.2) is 0 Å². The Morgan fingerprint density at radius 1 is 1.14 bits per heavy atom.